The molecule has 2 nitrogen and oxygen atoms in total. The summed E-state index contributed by atoms with van der Waals surface area (Å²) in [5.74, 6) is -0.577. The standard InChI is InChI=1S/C17H29O2P/c1-3-20(19,4-2)17(18)15-11-6-5-8-12-16-13-9-7-10-14-16/h7,9-10,13-14,17-18H,3-6,8,11-12,15H2,1-2H3. The third kappa shape index (κ3) is 5.81. The predicted octanol–water partition coefficient (Wildman–Crippen LogP) is 4.90. The molecular formula is C17H29O2P. The van der Waals surface area contributed by atoms with E-state index in [1.54, 1.807) is 0 Å². The van der Waals surface area contributed by atoms with E-state index in [9.17, 15) is 9.67 Å². The van der Waals surface area contributed by atoms with Gasteiger partial charge in [0, 0.05) is 12.3 Å². The second-order valence-electron chi connectivity index (χ2n) is 5.50. The molecule has 0 aliphatic rings. The molecule has 1 rings (SSSR count). The van der Waals surface area contributed by atoms with Crippen LogP contribution in [0, 0.1) is 0 Å². The molecule has 0 fully saturated rings. The van der Waals surface area contributed by atoms with Gasteiger partial charge in [0.2, 0.25) is 0 Å². The third-order valence-electron chi connectivity index (χ3n) is 4.13. The number of rotatable bonds is 10. The summed E-state index contributed by atoms with van der Waals surface area (Å²) in [5, 5.41) is 10.0. The number of aryl methyl sites for hydroxylation is 1. The van der Waals surface area contributed by atoms with Gasteiger partial charge in [0.15, 0.2) is 0 Å². The molecule has 3 heteroatoms. The van der Waals surface area contributed by atoms with Crippen molar-refractivity contribution in [2.75, 3.05) is 12.3 Å². The number of aliphatic hydroxyl groups excluding tert-OH is 1. The van der Waals surface area contributed by atoms with Gasteiger partial charge in [-0.15, -0.1) is 0 Å². The van der Waals surface area contributed by atoms with Crippen LogP contribution in [-0.4, -0.2) is 23.3 Å². The number of aliphatic hydroxyl groups is 1. The lowest BCUT2D eigenvalue weighted by molar-refractivity contribution is 0.232. The zero-order chi connectivity index (χ0) is 14.8. The molecule has 1 atom stereocenters. The van der Waals surface area contributed by atoms with Crippen LogP contribution in [0.5, 0.6) is 0 Å². The fourth-order valence-electron chi connectivity index (χ4n) is 2.53. The maximum absolute atomic E-state index is 12.3. The number of unbranched alkanes of at least 4 members (excludes halogenated alkanes) is 3. The Morgan fingerprint density at radius 2 is 1.60 bits per heavy atom. The molecule has 0 saturated carbocycles. The molecule has 0 saturated heterocycles. The summed E-state index contributed by atoms with van der Waals surface area (Å²) in [6.07, 6.45) is 7.56. The van der Waals surface area contributed by atoms with Gasteiger partial charge in [-0.05, 0) is 24.8 Å². The van der Waals surface area contributed by atoms with Crippen LogP contribution < -0.4 is 0 Å². The minimum atomic E-state index is -2.32. The van der Waals surface area contributed by atoms with Crippen LogP contribution in [0.1, 0.15) is 51.5 Å². The highest BCUT2D eigenvalue weighted by Gasteiger charge is 2.26. The van der Waals surface area contributed by atoms with Crippen LogP contribution in [0.2, 0.25) is 0 Å². The van der Waals surface area contributed by atoms with Crippen molar-refractivity contribution < 1.29 is 9.67 Å². The van der Waals surface area contributed by atoms with E-state index in [-0.39, 0.29) is 0 Å². The molecule has 0 aliphatic carbocycles. The third-order valence-corrected chi connectivity index (χ3v) is 7.62. The maximum Gasteiger partial charge on any atom is 0.114 e. The summed E-state index contributed by atoms with van der Waals surface area (Å²) in [6.45, 7) is 3.85. The molecule has 0 aromatic heterocycles. The molecule has 1 aromatic carbocycles. The highest BCUT2D eigenvalue weighted by atomic mass is 31.2. The van der Waals surface area contributed by atoms with Gasteiger partial charge < -0.3 is 9.67 Å². The van der Waals surface area contributed by atoms with Gasteiger partial charge in [-0.25, -0.2) is 0 Å². The topological polar surface area (TPSA) is 37.3 Å². The largest absolute Gasteiger partial charge is 0.385 e. The van der Waals surface area contributed by atoms with Crippen molar-refractivity contribution in [1.82, 2.24) is 0 Å². The lowest BCUT2D eigenvalue weighted by Gasteiger charge is -2.21. The van der Waals surface area contributed by atoms with Gasteiger partial charge in [-0.2, -0.15) is 0 Å². The Labute approximate surface area is 124 Å². The van der Waals surface area contributed by atoms with E-state index in [4.69, 9.17) is 0 Å². The first-order chi connectivity index (χ1) is 9.62. The summed E-state index contributed by atoms with van der Waals surface area (Å²) < 4.78 is 12.3. The van der Waals surface area contributed by atoms with Crippen molar-refractivity contribution >= 4 is 7.14 Å². The van der Waals surface area contributed by atoms with Crippen molar-refractivity contribution in [1.29, 1.82) is 0 Å². The van der Waals surface area contributed by atoms with Crippen LogP contribution in [0.25, 0.3) is 0 Å². The molecule has 0 heterocycles. The minimum Gasteiger partial charge on any atom is -0.385 e. The van der Waals surface area contributed by atoms with E-state index >= 15 is 0 Å². The smallest absolute Gasteiger partial charge is 0.114 e. The van der Waals surface area contributed by atoms with Crippen molar-refractivity contribution in [3.8, 4) is 0 Å². The Hall–Kier alpha value is -0.590. The molecule has 0 aliphatic heterocycles. The zero-order valence-electron chi connectivity index (χ0n) is 12.9. The highest BCUT2D eigenvalue weighted by molar-refractivity contribution is 7.64. The Morgan fingerprint density at radius 1 is 1.00 bits per heavy atom. The quantitative estimate of drug-likeness (QED) is 0.492. The van der Waals surface area contributed by atoms with Crippen molar-refractivity contribution in [2.24, 2.45) is 0 Å². The fraction of sp³-hybridized carbons (Fsp3) is 0.647. The Balaban J connectivity index is 2.12. The number of hydrogen-bond acceptors (Lipinski definition) is 2. The van der Waals surface area contributed by atoms with E-state index in [1.807, 2.05) is 19.9 Å². The lowest BCUT2D eigenvalue weighted by atomic mass is 10.1. The normalized spacial score (nSPS) is 13.3. The van der Waals surface area contributed by atoms with Crippen molar-refractivity contribution in [3.05, 3.63) is 35.9 Å². The zero-order valence-corrected chi connectivity index (χ0v) is 13.8. The van der Waals surface area contributed by atoms with E-state index in [0.29, 0.717) is 18.7 Å². The highest BCUT2D eigenvalue weighted by Crippen LogP contribution is 2.50. The Kier molecular flexibility index (Phi) is 8.18. The van der Waals surface area contributed by atoms with Gasteiger partial charge >= 0.3 is 0 Å². The van der Waals surface area contributed by atoms with Crippen LogP contribution in [0.4, 0.5) is 0 Å². The average Bonchev–Trinajstić information content (AvgIpc) is 2.50. The first kappa shape index (κ1) is 17.5. The van der Waals surface area contributed by atoms with Gasteiger partial charge in [-0.1, -0.05) is 63.4 Å². The van der Waals surface area contributed by atoms with E-state index in [1.165, 1.54) is 18.4 Å². The first-order valence-electron chi connectivity index (χ1n) is 7.92. The summed E-state index contributed by atoms with van der Waals surface area (Å²) in [7, 11) is -2.32. The molecule has 1 unspecified atom stereocenters. The fourth-order valence-corrected chi connectivity index (χ4v) is 4.48. The number of benzene rings is 1. The predicted molar refractivity (Wildman–Crippen MR) is 87.9 cm³/mol. The Morgan fingerprint density at radius 3 is 2.20 bits per heavy atom. The van der Waals surface area contributed by atoms with Crippen LogP contribution in [0.3, 0.4) is 0 Å². The SMILES string of the molecule is CCP(=O)(CC)C(O)CCCCCCc1ccccc1. The van der Waals surface area contributed by atoms with Crippen LogP contribution in [0.15, 0.2) is 30.3 Å². The van der Waals surface area contributed by atoms with E-state index in [2.05, 4.69) is 24.3 Å². The molecule has 1 aromatic rings. The molecule has 114 valence electrons. The van der Waals surface area contributed by atoms with Crippen molar-refractivity contribution in [2.45, 2.75) is 58.2 Å². The van der Waals surface area contributed by atoms with E-state index in [0.717, 1.165) is 19.3 Å². The summed E-state index contributed by atoms with van der Waals surface area (Å²) >= 11 is 0. The summed E-state index contributed by atoms with van der Waals surface area (Å²) in [5.41, 5.74) is 1.40. The van der Waals surface area contributed by atoms with Gasteiger partial charge in [-0.3, -0.25) is 0 Å². The molecule has 0 spiro atoms. The van der Waals surface area contributed by atoms with Gasteiger partial charge in [0.05, 0.1) is 0 Å². The molecule has 0 radical (unpaired) electrons. The summed E-state index contributed by atoms with van der Waals surface area (Å²) in [6, 6.07) is 10.5. The molecule has 20 heavy (non-hydrogen) atoms. The van der Waals surface area contributed by atoms with Crippen LogP contribution in [-0.2, 0) is 11.0 Å². The first-order valence-corrected chi connectivity index (χ1v) is 10.1. The summed E-state index contributed by atoms with van der Waals surface area (Å²) in [4.78, 5) is 0. The Bertz CT molecular complexity index is 395. The second-order valence-corrected chi connectivity index (χ2v) is 9.27. The number of hydrogen-bond donors (Lipinski definition) is 1. The molecule has 1 N–H and O–H groups in total. The van der Waals surface area contributed by atoms with Gasteiger partial charge in [0.1, 0.15) is 13.0 Å². The average molecular weight is 296 g/mol. The van der Waals surface area contributed by atoms with Gasteiger partial charge in [0.25, 0.3) is 0 Å². The van der Waals surface area contributed by atoms with Crippen LogP contribution >= 0.6 is 7.14 Å². The molecule has 0 bridgehead atoms. The minimum absolute atomic E-state index is 0.577. The maximum atomic E-state index is 12.3. The monoisotopic (exact) mass is 296 g/mol. The van der Waals surface area contributed by atoms with Crippen molar-refractivity contribution in [3.63, 3.8) is 0 Å². The van der Waals surface area contributed by atoms with E-state index < -0.39 is 13.0 Å². The second kappa shape index (κ2) is 9.37. The molecular weight excluding hydrogens is 267 g/mol. The lowest BCUT2D eigenvalue weighted by Crippen LogP contribution is -2.11. The molecule has 0 amide bonds.